The Balaban J connectivity index is 1.78. The van der Waals surface area contributed by atoms with Crippen molar-refractivity contribution in [2.24, 2.45) is 0 Å². The highest BCUT2D eigenvalue weighted by molar-refractivity contribution is 6.04. The van der Waals surface area contributed by atoms with E-state index in [-0.39, 0.29) is 5.91 Å². The SMILES string of the molecule is Cc1ccc(NC(=O)c2cncc(Nc3ccccc3C#N)c2)cc1. The predicted molar refractivity (Wildman–Crippen MR) is 97.8 cm³/mol. The first-order valence-corrected chi connectivity index (χ1v) is 7.75. The van der Waals surface area contributed by atoms with Crippen LogP contribution < -0.4 is 10.6 Å². The van der Waals surface area contributed by atoms with Gasteiger partial charge in [-0.15, -0.1) is 0 Å². The fourth-order valence-electron chi connectivity index (χ4n) is 2.32. The number of aromatic nitrogens is 1. The molecule has 1 aromatic heterocycles. The molecule has 0 unspecified atom stereocenters. The predicted octanol–water partition coefficient (Wildman–Crippen LogP) is 4.26. The lowest BCUT2D eigenvalue weighted by Gasteiger charge is -2.10. The topological polar surface area (TPSA) is 77.8 Å². The third kappa shape index (κ3) is 4.01. The normalized spacial score (nSPS) is 9.92. The second kappa shape index (κ2) is 7.28. The Hall–Kier alpha value is -3.65. The molecule has 3 aromatic rings. The van der Waals surface area contributed by atoms with Crippen LogP contribution >= 0.6 is 0 Å². The van der Waals surface area contributed by atoms with Crippen LogP contribution in [0.25, 0.3) is 0 Å². The summed E-state index contributed by atoms with van der Waals surface area (Å²) in [4.78, 5) is 16.5. The third-order valence-corrected chi connectivity index (χ3v) is 3.64. The summed E-state index contributed by atoms with van der Waals surface area (Å²) in [6.45, 7) is 1.99. The molecule has 25 heavy (non-hydrogen) atoms. The highest BCUT2D eigenvalue weighted by Gasteiger charge is 2.09. The number of amides is 1. The van der Waals surface area contributed by atoms with Gasteiger partial charge in [0.2, 0.25) is 0 Å². The second-order valence-corrected chi connectivity index (χ2v) is 5.56. The lowest BCUT2D eigenvalue weighted by Crippen LogP contribution is -2.12. The summed E-state index contributed by atoms with van der Waals surface area (Å²) >= 11 is 0. The molecule has 1 heterocycles. The summed E-state index contributed by atoms with van der Waals surface area (Å²) in [6.07, 6.45) is 3.11. The van der Waals surface area contributed by atoms with Gasteiger partial charge < -0.3 is 10.6 Å². The van der Waals surface area contributed by atoms with Crippen molar-refractivity contribution >= 4 is 23.0 Å². The van der Waals surface area contributed by atoms with Crippen LogP contribution in [0.1, 0.15) is 21.5 Å². The van der Waals surface area contributed by atoms with Gasteiger partial charge in [-0.25, -0.2) is 0 Å². The second-order valence-electron chi connectivity index (χ2n) is 5.56. The molecule has 0 radical (unpaired) electrons. The number of benzene rings is 2. The summed E-state index contributed by atoms with van der Waals surface area (Å²) in [7, 11) is 0. The molecule has 0 aliphatic heterocycles. The lowest BCUT2D eigenvalue weighted by atomic mass is 10.2. The number of hydrogen-bond acceptors (Lipinski definition) is 4. The molecule has 1 amide bonds. The van der Waals surface area contributed by atoms with Crippen molar-refractivity contribution in [2.75, 3.05) is 10.6 Å². The van der Waals surface area contributed by atoms with Gasteiger partial charge in [-0.2, -0.15) is 5.26 Å². The quantitative estimate of drug-likeness (QED) is 0.750. The maximum Gasteiger partial charge on any atom is 0.257 e. The van der Waals surface area contributed by atoms with Gasteiger partial charge in [-0.1, -0.05) is 29.8 Å². The molecule has 2 N–H and O–H groups in total. The van der Waals surface area contributed by atoms with Crippen LogP contribution in [0.3, 0.4) is 0 Å². The van der Waals surface area contributed by atoms with Gasteiger partial charge in [0.15, 0.2) is 0 Å². The van der Waals surface area contributed by atoms with Crippen LogP contribution in [0.2, 0.25) is 0 Å². The van der Waals surface area contributed by atoms with Crippen molar-refractivity contribution in [2.45, 2.75) is 6.92 Å². The van der Waals surface area contributed by atoms with Crippen molar-refractivity contribution < 1.29 is 4.79 Å². The zero-order valence-corrected chi connectivity index (χ0v) is 13.7. The minimum atomic E-state index is -0.242. The first-order chi connectivity index (χ1) is 12.2. The van der Waals surface area contributed by atoms with E-state index in [9.17, 15) is 4.79 Å². The maximum atomic E-state index is 12.4. The number of carbonyl (C=O) groups excluding carboxylic acids is 1. The van der Waals surface area contributed by atoms with Crippen LogP contribution in [0.15, 0.2) is 67.0 Å². The molecular formula is C20H16N4O. The monoisotopic (exact) mass is 328 g/mol. The molecule has 3 rings (SSSR count). The summed E-state index contributed by atoms with van der Waals surface area (Å²) in [5.41, 5.74) is 4.12. The van der Waals surface area contributed by atoms with E-state index in [0.29, 0.717) is 22.5 Å². The number of nitrogens with zero attached hydrogens (tertiary/aromatic N) is 2. The number of nitrogens with one attached hydrogen (secondary N) is 2. The first-order valence-electron chi connectivity index (χ1n) is 7.75. The van der Waals surface area contributed by atoms with Crippen molar-refractivity contribution in [1.29, 1.82) is 5.26 Å². The minimum absolute atomic E-state index is 0.242. The van der Waals surface area contributed by atoms with Gasteiger partial charge in [0.05, 0.1) is 28.7 Å². The Bertz CT molecular complexity index is 942. The largest absolute Gasteiger partial charge is 0.353 e. The minimum Gasteiger partial charge on any atom is -0.353 e. The van der Waals surface area contributed by atoms with E-state index in [1.165, 1.54) is 6.20 Å². The van der Waals surface area contributed by atoms with Crippen LogP contribution in [-0.2, 0) is 0 Å². The molecule has 0 aliphatic carbocycles. The van der Waals surface area contributed by atoms with E-state index in [4.69, 9.17) is 5.26 Å². The zero-order chi connectivity index (χ0) is 17.6. The van der Waals surface area contributed by atoms with E-state index in [1.807, 2.05) is 37.3 Å². The summed E-state index contributed by atoms with van der Waals surface area (Å²) in [5, 5.41) is 15.1. The molecule has 2 aromatic carbocycles. The smallest absolute Gasteiger partial charge is 0.257 e. The van der Waals surface area contributed by atoms with Crippen molar-refractivity contribution in [3.05, 3.63) is 83.7 Å². The summed E-state index contributed by atoms with van der Waals surface area (Å²) in [6, 6.07) is 18.6. The Morgan fingerprint density at radius 2 is 1.80 bits per heavy atom. The van der Waals surface area contributed by atoms with E-state index in [2.05, 4.69) is 21.7 Å². The fourth-order valence-corrected chi connectivity index (χ4v) is 2.32. The van der Waals surface area contributed by atoms with E-state index >= 15 is 0 Å². The Morgan fingerprint density at radius 1 is 1.04 bits per heavy atom. The molecule has 0 spiro atoms. The Kier molecular flexibility index (Phi) is 4.72. The molecule has 0 aliphatic rings. The molecule has 5 nitrogen and oxygen atoms in total. The number of hydrogen-bond donors (Lipinski definition) is 2. The lowest BCUT2D eigenvalue weighted by molar-refractivity contribution is 0.102. The highest BCUT2D eigenvalue weighted by atomic mass is 16.1. The Morgan fingerprint density at radius 3 is 2.56 bits per heavy atom. The van der Waals surface area contributed by atoms with Crippen LogP contribution in [-0.4, -0.2) is 10.9 Å². The van der Waals surface area contributed by atoms with Crippen molar-refractivity contribution in [1.82, 2.24) is 4.98 Å². The standard InChI is InChI=1S/C20H16N4O/c1-14-6-8-17(9-7-14)24-20(25)16-10-18(13-22-12-16)23-19-5-3-2-4-15(19)11-21/h2-10,12-13,23H,1H3,(H,24,25). The molecule has 5 heteroatoms. The highest BCUT2D eigenvalue weighted by Crippen LogP contribution is 2.20. The molecule has 122 valence electrons. The van der Waals surface area contributed by atoms with E-state index in [0.717, 1.165) is 11.3 Å². The average Bonchev–Trinajstić information content (AvgIpc) is 2.64. The molecular weight excluding hydrogens is 312 g/mol. The van der Waals surface area contributed by atoms with Crippen LogP contribution in [0.4, 0.5) is 17.1 Å². The Labute approximate surface area is 146 Å². The van der Waals surface area contributed by atoms with Gasteiger partial charge in [0.25, 0.3) is 5.91 Å². The average molecular weight is 328 g/mol. The van der Waals surface area contributed by atoms with Gasteiger partial charge in [0, 0.05) is 11.9 Å². The maximum absolute atomic E-state index is 12.4. The molecule has 0 bridgehead atoms. The number of anilines is 3. The van der Waals surface area contributed by atoms with Crippen LogP contribution in [0.5, 0.6) is 0 Å². The molecule has 0 atom stereocenters. The van der Waals surface area contributed by atoms with Crippen molar-refractivity contribution in [3.8, 4) is 6.07 Å². The zero-order valence-electron chi connectivity index (χ0n) is 13.7. The summed E-state index contributed by atoms with van der Waals surface area (Å²) in [5.74, 6) is -0.242. The van der Waals surface area contributed by atoms with Gasteiger partial charge in [-0.3, -0.25) is 9.78 Å². The number of carbonyl (C=O) groups is 1. The number of pyridine rings is 1. The van der Waals surface area contributed by atoms with Crippen molar-refractivity contribution in [3.63, 3.8) is 0 Å². The first kappa shape index (κ1) is 16.2. The van der Waals surface area contributed by atoms with E-state index < -0.39 is 0 Å². The van der Waals surface area contributed by atoms with E-state index in [1.54, 1.807) is 30.5 Å². The molecule has 0 saturated heterocycles. The number of rotatable bonds is 4. The fraction of sp³-hybridized carbons (Fsp3) is 0.0500. The van der Waals surface area contributed by atoms with Crippen LogP contribution in [0, 0.1) is 18.3 Å². The van der Waals surface area contributed by atoms with Gasteiger partial charge in [0.1, 0.15) is 6.07 Å². The molecule has 0 fully saturated rings. The van der Waals surface area contributed by atoms with Gasteiger partial charge >= 0.3 is 0 Å². The number of para-hydroxylation sites is 1. The number of aryl methyl sites for hydroxylation is 1. The number of nitriles is 1. The molecule has 0 saturated carbocycles. The summed E-state index contributed by atoms with van der Waals surface area (Å²) < 4.78 is 0. The third-order valence-electron chi connectivity index (χ3n) is 3.64. The van der Waals surface area contributed by atoms with Gasteiger partial charge in [-0.05, 0) is 37.3 Å².